The molecule has 6 heteroatoms. The van der Waals surface area contributed by atoms with Gasteiger partial charge in [0.1, 0.15) is 17.1 Å². The van der Waals surface area contributed by atoms with Crippen molar-refractivity contribution in [2.24, 2.45) is 0 Å². The quantitative estimate of drug-likeness (QED) is 0.692. The van der Waals surface area contributed by atoms with Gasteiger partial charge in [-0.2, -0.15) is 0 Å². The Morgan fingerprint density at radius 3 is 2.33 bits per heavy atom. The normalized spacial score (nSPS) is 20.8. The molecule has 6 nitrogen and oxygen atoms in total. The van der Waals surface area contributed by atoms with E-state index in [9.17, 15) is 9.59 Å². The number of pyridine rings is 1. The average Bonchev–Trinajstić information content (AvgIpc) is 2.77. The first-order valence-corrected chi connectivity index (χ1v) is 10.3. The Labute approximate surface area is 178 Å². The summed E-state index contributed by atoms with van der Waals surface area (Å²) in [5.41, 5.74) is 1.25. The molecule has 0 N–H and O–H groups in total. The number of carbonyl (C=O) groups is 2. The highest BCUT2D eigenvalue weighted by Crippen LogP contribution is 2.32. The lowest BCUT2D eigenvalue weighted by Crippen LogP contribution is -2.64. The molecule has 1 atom stereocenters. The first-order valence-electron chi connectivity index (χ1n) is 10.3. The van der Waals surface area contributed by atoms with Gasteiger partial charge in [0.2, 0.25) is 0 Å². The number of benzene rings is 1. The van der Waals surface area contributed by atoms with Crippen LogP contribution in [0.4, 0.5) is 5.82 Å². The van der Waals surface area contributed by atoms with Gasteiger partial charge in [-0.1, -0.05) is 30.3 Å². The van der Waals surface area contributed by atoms with E-state index in [2.05, 4.69) is 23.7 Å². The lowest BCUT2D eigenvalue weighted by Gasteiger charge is -2.45. The molecule has 2 amide bonds. The highest BCUT2D eigenvalue weighted by atomic mass is 16.2. The highest BCUT2D eigenvalue weighted by Gasteiger charge is 2.48. The number of piperazine rings is 1. The van der Waals surface area contributed by atoms with Crippen LogP contribution >= 0.6 is 0 Å². The van der Waals surface area contributed by atoms with Crippen molar-refractivity contribution in [2.75, 3.05) is 32.1 Å². The number of nitrogens with zero attached hydrogens (tertiary/aromatic N) is 4. The fourth-order valence-corrected chi connectivity index (χ4v) is 3.96. The van der Waals surface area contributed by atoms with Crippen molar-refractivity contribution < 1.29 is 9.59 Å². The molecule has 1 aliphatic rings. The smallest absolute Gasteiger partial charge is 0.271 e. The Morgan fingerprint density at radius 1 is 1.03 bits per heavy atom. The molecule has 158 valence electrons. The van der Waals surface area contributed by atoms with E-state index in [0.717, 1.165) is 30.0 Å². The molecule has 2 heterocycles. The van der Waals surface area contributed by atoms with Crippen molar-refractivity contribution in [1.82, 2.24) is 14.8 Å². The maximum absolute atomic E-state index is 13.4. The molecule has 1 saturated heterocycles. The van der Waals surface area contributed by atoms with Gasteiger partial charge in [0, 0.05) is 45.4 Å². The summed E-state index contributed by atoms with van der Waals surface area (Å²) in [6, 6.07) is 13.6. The van der Waals surface area contributed by atoms with Crippen molar-refractivity contribution in [3.05, 3.63) is 65.5 Å². The first kappa shape index (κ1) is 21.6. The summed E-state index contributed by atoms with van der Waals surface area (Å²) in [5.74, 6) is 0.529. The van der Waals surface area contributed by atoms with Gasteiger partial charge in [0.05, 0.1) is 0 Å². The minimum absolute atomic E-state index is 0.104. The zero-order valence-electron chi connectivity index (χ0n) is 18.4. The number of hydrogen-bond acceptors (Lipinski definition) is 4. The highest BCUT2D eigenvalue weighted by molar-refractivity contribution is 6.09. The summed E-state index contributed by atoms with van der Waals surface area (Å²) in [6.45, 7) is 7.58. The summed E-state index contributed by atoms with van der Waals surface area (Å²) in [7, 11) is 3.38. The first-order chi connectivity index (χ1) is 14.3. The summed E-state index contributed by atoms with van der Waals surface area (Å²) >= 11 is 0. The van der Waals surface area contributed by atoms with Crippen LogP contribution in [0.1, 0.15) is 31.9 Å². The third kappa shape index (κ3) is 3.82. The Balaban J connectivity index is 1.99. The largest absolute Gasteiger partial charge is 0.357 e. The van der Waals surface area contributed by atoms with E-state index in [1.807, 2.05) is 49.4 Å². The van der Waals surface area contributed by atoms with Crippen molar-refractivity contribution in [3.63, 3.8) is 0 Å². The number of carbonyl (C=O) groups excluding carboxylic acids is 2. The molecule has 1 fully saturated rings. The summed E-state index contributed by atoms with van der Waals surface area (Å²) in [6.07, 6.45) is 3.99. The lowest BCUT2D eigenvalue weighted by atomic mass is 9.87. The minimum atomic E-state index is -0.943. The van der Waals surface area contributed by atoms with Crippen LogP contribution in [0, 0.1) is 0 Å². The van der Waals surface area contributed by atoms with E-state index in [0.29, 0.717) is 12.1 Å². The maximum atomic E-state index is 13.4. The second kappa shape index (κ2) is 8.69. The van der Waals surface area contributed by atoms with E-state index >= 15 is 0 Å². The van der Waals surface area contributed by atoms with Gasteiger partial charge in [-0.15, -0.1) is 0 Å². The Bertz CT molecular complexity index is 953. The molecule has 1 unspecified atom stereocenters. The fourth-order valence-electron chi connectivity index (χ4n) is 3.96. The standard InChI is InChI=1S/C24H30N4O2/c1-6-28(7-2)21-19(14-11-15-25-21)16-20-22(29)27(5)24(3,23(30)26(20)4)17-18-12-9-8-10-13-18/h8-16H,6-7,17H2,1-5H3/b20-16-. The molecule has 1 aliphatic heterocycles. The third-order valence-corrected chi connectivity index (χ3v) is 5.95. The number of amides is 2. The van der Waals surface area contributed by atoms with E-state index in [1.165, 1.54) is 4.90 Å². The molecular formula is C24H30N4O2. The van der Waals surface area contributed by atoms with Crippen LogP contribution in [0.25, 0.3) is 6.08 Å². The van der Waals surface area contributed by atoms with Gasteiger partial charge in [-0.25, -0.2) is 4.98 Å². The predicted octanol–water partition coefficient (Wildman–Crippen LogP) is 3.20. The second-order valence-corrected chi connectivity index (χ2v) is 7.78. The molecule has 0 radical (unpaired) electrons. The van der Waals surface area contributed by atoms with Gasteiger partial charge < -0.3 is 14.7 Å². The second-order valence-electron chi connectivity index (χ2n) is 7.78. The molecule has 30 heavy (non-hydrogen) atoms. The monoisotopic (exact) mass is 406 g/mol. The zero-order chi connectivity index (χ0) is 21.9. The Morgan fingerprint density at radius 2 is 1.70 bits per heavy atom. The molecule has 3 rings (SSSR count). The van der Waals surface area contributed by atoms with Gasteiger partial charge in [-0.3, -0.25) is 9.59 Å². The summed E-state index contributed by atoms with van der Waals surface area (Å²) in [4.78, 5) is 36.4. The summed E-state index contributed by atoms with van der Waals surface area (Å²) < 4.78 is 0. The van der Waals surface area contributed by atoms with Crippen molar-refractivity contribution >= 4 is 23.7 Å². The molecule has 0 spiro atoms. The van der Waals surface area contributed by atoms with Crippen LogP contribution in [0.3, 0.4) is 0 Å². The maximum Gasteiger partial charge on any atom is 0.271 e. The van der Waals surface area contributed by atoms with Gasteiger partial charge in [-0.05, 0) is 44.5 Å². The lowest BCUT2D eigenvalue weighted by molar-refractivity contribution is -0.155. The molecular weight excluding hydrogens is 376 g/mol. The Kier molecular flexibility index (Phi) is 6.25. The van der Waals surface area contributed by atoms with E-state index in [1.54, 1.807) is 31.3 Å². The minimum Gasteiger partial charge on any atom is -0.357 e. The van der Waals surface area contributed by atoms with Crippen LogP contribution in [-0.2, 0) is 16.0 Å². The molecule has 1 aromatic carbocycles. The number of aromatic nitrogens is 1. The summed E-state index contributed by atoms with van der Waals surface area (Å²) in [5, 5.41) is 0. The van der Waals surface area contributed by atoms with Crippen LogP contribution in [0.15, 0.2) is 54.4 Å². The Hall–Kier alpha value is -3.15. The zero-order valence-corrected chi connectivity index (χ0v) is 18.4. The molecule has 1 aromatic heterocycles. The third-order valence-electron chi connectivity index (χ3n) is 5.95. The van der Waals surface area contributed by atoms with Crippen LogP contribution in [0.2, 0.25) is 0 Å². The number of likely N-dealkylation sites (N-methyl/N-ethyl adjacent to an activating group) is 2. The van der Waals surface area contributed by atoms with Gasteiger partial charge in [0.25, 0.3) is 11.8 Å². The number of anilines is 1. The van der Waals surface area contributed by atoms with E-state index in [4.69, 9.17) is 0 Å². The molecule has 2 aromatic rings. The molecule has 0 saturated carbocycles. The van der Waals surface area contributed by atoms with Crippen LogP contribution < -0.4 is 4.90 Å². The number of hydrogen-bond donors (Lipinski definition) is 0. The van der Waals surface area contributed by atoms with Gasteiger partial charge >= 0.3 is 0 Å². The number of rotatable bonds is 6. The van der Waals surface area contributed by atoms with Crippen molar-refractivity contribution in [3.8, 4) is 0 Å². The van der Waals surface area contributed by atoms with Crippen LogP contribution in [0.5, 0.6) is 0 Å². The van der Waals surface area contributed by atoms with E-state index in [-0.39, 0.29) is 11.8 Å². The fraction of sp³-hybridized carbons (Fsp3) is 0.375. The van der Waals surface area contributed by atoms with E-state index < -0.39 is 5.54 Å². The molecule has 0 aliphatic carbocycles. The average molecular weight is 407 g/mol. The molecule has 0 bridgehead atoms. The SMILES string of the molecule is CCN(CC)c1ncccc1/C=C1/C(=O)N(C)C(C)(Cc2ccccc2)C(=O)N1C. The van der Waals surface area contributed by atoms with Crippen molar-refractivity contribution in [2.45, 2.75) is 32.7 Å². The predicted molar refractivity (Wildman–Crippen MR) is 120 cm³/mol. The van der Waals surface area contributed by atoms with Gasteiger partial charge in [0.15, 0.2) is 0 Å². The van der Waals surface area contributed by atoms with Crippen LogP contribution in [-0.4, -0.2) is 59.3 Å². The topological polar surface area (TPSA) is 56.8 Å². The van der Waals surface area contributed by atoms with Crippen molar-refractivity contribution in [1.29, 1.82) is 0 Å².